The molecule has 0 saturated carbocycles. The van der Waals surface area contributed by atoms with E-state index in [1.807, 2.05) is 12.1 Å². The number of anilines is 1. The highest BCUT2D eigenvalue weighted by Gasteiger charge is 2.21. The number of likely N-dealkylation sites (tertiary alicyclic amines) is 1. The van der Waals surface area contributed by atoms with Crippen molar-refractivity contribution in [3.05, 3.63) is 30.0 Å². The Labute approximate surface area is 148 Å². The van der Waals surface area contributed by atoms with Gasteiger partial charge in [0.05, 0.1) is 11.2 Å². The van der Waals surface area contributed by atoms with Crippen molar-refractivity contribution >= 4 is 28.9 Å². The summed E-state index contributed by atoms with van der Waals surface area (Å²) in [7, 11) is 2.17. The fourth-order valence-corrected chi connectivity index (χ4v) is 3.69. The lowest BCUT2D eigenvalue weighted by Gasteiger charge is -2.31. The Hall–Kier alpha value is -2.34. The van der Waals surface area contributed by atoms with Crippen molar-refractivity contribution in [2.45, 2.75) is 32.2 Å². The Balaban J connectivity index is 1.83. The first-order valence-electron chi connectivity index (χ1n) is 8.86. The molecule has 1 fully saturated rings. The number of carbonyl (C=O) groups excluding carboxylic acids is 2. The molecule has 0 bridgehead atoms. The van der Waals surface area contributed by atoms with Crippen LogP contribution in [-0.4, -0.2) is 48.5 Å². The van der Waals surface area contributed by atoms with Gasteiger partial charge in [0.25, 0.3) is 0 Å². The molecule has 1 aromatic heterocycles. The molecule has 6 nitrogen and oxygen atoms in total. The highest BCUT2D eigenvalue weighted by atomic mass is 16.1. The second kappa shape index (κ2) is 7.70. The Kier molecular flexibility index (Phi) is 5.38. The molecule has 3 rings (SSSR count). The van der Waals surface area contributed by atoms with E-state index in [4.69, 9.17) is 0 Å². The molecule has 0 aliphatic carbocycles. The van der Waals surface area contributed by atoms with E-state index in [1.165, 1.54) is 11.2 Å². The smallest absolute Gasteiger partial charge is 0.226 e. The fraction of sp³-hybridized carbons (Fsp3) is 0.474. The number of hydrogen-bond acceptors (Lipinski definition) is 3. The molecule has 0 unspecified atom stereocenters. The van der Waals surface area contributed by atoms with Gasteiger partial charge in [-0.1, -0.05) is 6.07 Å². The summed E-state index contributed by atoms with van der Waals surface area (Å²) >= 11 is 0. The van der Waals surface area contributed by atoms with Gasteiger partial charge in [0.2, 0.25) is 12.3 Å². The normalized spacial score (nSPS) is 16.1. The van der Waals surface area contributed by atoms with Gasteiger partial charge in [-0.15, -0.1) is 0 Å². The van der Waals surface area contributed by atoms with Gasteiger partial charge in [-0.3, -0.25) is 9.59 Å². The van der Waals surface area contributed by atoms with Crippen LogP contribution in [0.1, 0.15) is 31.0 Å². The van der Waals surface area contributed by atoms with Gasteiger partial charge < -0.3 is 20.1 Å². The number of benzene rings is 1. The molecule has 0 radical (unpaired) electrons. The minimum atomic E-state index is -0.0912. The summed E-state index contributed by atoms with van der Waals surface area (Å²) < 4.78 is 2.42. The lowest BCUT2D eigenvalue weighted by molar-refractivity contribution is -0.116. The van der Waals surface area contributed by atoms with Crippen LogP contribution >= 0.6 is 0 Å². The maximum atomic E-state index is 12.1. The van der Waals surface area contributed by atoms with Crippen molar-refractivity contribution in [1.29, 1.82) is 0 Å². The molecule has 1 aliphatic rings. The molecule has 0 spiro atoms. The molecule has 2 amide bonds. The maximum absolute atomic E-state index is 12.1. The zero-order valence-corrected chi connectivity index (χ0v) is 14.9. The summed E-state index contributed by atoms with van der Waals surface area (Å²) in [5.41, 5.74) is 3.24. The Bertz CT molecular complexity index is 760. The number of aromatic nitrogens is 1. The summed E-state index contributed by atoms with van der Waals surface area (Å²) in [5, 5.41) is 6.57. The van der Waals surface area contributed by atoms with Crippen LogP contribution in [0, 0.1) is 6.92 Å². The molecule has 2 heterocycles. The number of nitrogens with zero attached hydrogens (tertiary/aromatic N) is 2. The topological polar surface area (TPSA) is 66.4 Å². The number of piperidine rings is 1. The standard InChI is InChI=1S/C19H26N4O2/c1-14-12-16-17(21-19(25)6-9-20-13-24)4-3-5-18(16)23(14)15-7-10-22(2)11-8-15/h3-5,12-13,15H,6-11H2,1-2H3,(H,20,24)(H,21,25). The zero-order chi connectivity index (χ0) is 17.8. The second-order valence-corrected chi connectivity index (χ2v) is 6.80. The molecule has 2 N–H and O–H groups in total. The minimum absolute atomic E-state index is 0.0912. The molecule has 1 saturated heterocycles. The van der Waals surface area contributed by atoms with Gasteiger partial charge in [0.1, 0.15) is 0 Å². The highest BCUT2D eigenvalue weighted by molar-refractivity contribution is 6.02. The molecule has 134 valence electrons. The van der Waals surface area contributed by atoms with Crippen LogP contribution in [0.25, 0.3) is 10.9 Å². The van der Waals surface area contributed by atoms with Crippen molar-refractivity contribution in [2.24, 2.45) is 0 Å². The molecular formula is C19H26N4O2. The van der Waals surface area contributed by atoms with E-state index in [9.17, 15) is 9.59 Å². The SMILES string of the molecule is Cc1cc2c(NC(=O)CCNC=O)cccc2n1C1CCN(C)CC1. The summed E-state index contributed by atoms with van der Waals surface area (Å²) in [6, 6.07) is 8.73. The van der Waals surface area contributed by atoms with Crippen molar-refractivity contribution in [1.82, 2.24) is 14.8 Å². The van der Waals surface area contributed by atoms with Crippen LogP contribution in [-0.2, 0) is 9.59 Å². The van der Waals surface area contributed by atoms with E-state index in [0.717, 1.165) is 37.0 Å². The number of amides is 2. The van der Waals surface area contributed by atoms with Gasteiger partial charge in [-0.25, -0.2) is 0 Å². The van der Waals surface area contributed by atoms with E-state index in [1.54, 1.807) is 0 Å². The highest BCUT2D eigenvalue weighted by Crippen LogP contribution is 2.33. The third-order valence-electron chi connectivity index (χ3n) is 4.98. The first kappa shape index (κ1) is 17.5. The number of carbonyl (C=O) groups is 2. The lowest BCUT2D eigenvalue weighted by Crippen LogP contribution is -2.31. The van der Waals surface area contributed by atoms with Crippen LogP contribution < -0.4 is 10.6 Å². The molecule has 6 heteroatoms. The first-order valence-corrected chi connectivity index (χ1v) is 8.86. The number of hydrogen-bond donors (Lipinski definition) is 2. The Morgan fingerprint density at radius 3 is 2.80 bits per heavy atom. The van der Waals surface area contributed by atoms with E-state index in [2.05, 4.69) is 46.2 Å². The summed E-state index contributed by atoms with van der Waals surface area (Å²) in [6.45, 7) is 4.72. The van der Waals surface area contributed by atoms with Gasteiger partial charge in [0, 0.05) is 30.1 Å². The predicted octanol–water partition coefficient (Wildman–Crippen LogP) is 2.29. The van der Waals surface area contributed by atoms with Gasteiger partial charge in [-0.2, -0.15) is 0 Å². The van der Waals surface area contributed by atoms with E-state index < -0.39 is 0 Å². The first-order chi connectivity index (χ1) is 12.1. The molecule has 1 aliphatic heterocycles. The van der Waals surface area contributed by atoms with E-state index >= 15 is 0 Å². The largest absolute Gasteiger partial charge is 0.358 e. The van der Waals surface area contributed by atoms with Crippen molar-refractivity contribution in [3.8, 4) is 0 Å². The van der Waals surface area contributed by atoms with E-state index in [0.29, 0.717) is 19.0 Å². The van der Waals surface area contributed by atoms with Crippen LogP contribution in [0.4, 0.5) is 5.69 Å². The molecule has 0 atom stereocenters. The Morgan fingerprint density at radius 1 is 1.32 bits per heavy atom. The van der Waals surface area contributed by atoms with Crippen molar-refractivity contribution < 1.29 is 9.59 Å². The zero-order valence-electron chi connectivity index (χ0n) is 14.9. The third kappa shape index (κ3) is 3.85. The average Bonchev–Trinajstić information content (AvgIpc) is 2.93. The number of rotatable bonds is 6. The fourth-order valence-electron chi connectivity index (χ4n) is 3.69. The molecular weight excluding hydrogens is 316 g/mol. The maximum Gasteiger partial charge on any atom is 0.226 e. The molecule has 25 heavy (non-hydrogen) atoms. The van der Waals surface area contributed by atoms with Crippen LogP contribution in [0.5, 0.6) is 0 Å². The van der Waals surface area contributed by atoms with Gasteiger partial charge in [0.15, 0.2) is 0 Å². The average molecular weight is 342 g/mol. The molecule has 1 aromatic carbocycles. The second-order valence-electron chi connectivity index (χ2n) is 6.80. The van der Waals surface area contributed by atoms with Gasteiger partial charge >= 0.3 is 0 Å². The predicted molar refractivity (Wildman–Crippen MR) is 99.8 cm³/mol. The van der Waals surface area contributed by atoms with Gasteiger partial charge in [-0.05, 0) is 58.1 Å². The summed E-state index contributed by atoms with van der Waals surface area (Å²) in [6.07, 6.45) is 3.17. The minimum Gasteiger partial charge on any atom is -0.358 e. The number of aryl methyl sites for hydroxylation is 1. The summed E-state index contributed by atoms with van der Waals surface area (Å²) in [5.74, 6) is -0.0912. The van der Waals surface area contributed by atoms with Crippen LogP contribution in [0.15, 0.2) is 24.3 Å². The third-order valence-corrected chi connectivity index (χ3v) is 4.98. The number of nitrogens with one attached hydrogen (secondary N) is 2. The monoisotopic (exact) mass is 342 g/mol. The van der Waals surface area contributed by atoms with Crippen molar-refractivity contribution in [3.63, 3.8) is 0 Å². The summed E-state index contributed by atoms with van der Waals surface area (Å²) in [4.78, 5) is 24.7. The van der Waals surface area contributed by atoms with Crippen molar-refractivity contribution in [2.75, 3.05) is 32.0 Å². The molecule has 2 aromatic rings. The van der Waals surface area contributed by atoms with Crippen LogP contribution in [0.2, 0.25) is 0 Å². The number of fused-ring (bicyclic) bond motifs is 1. The Morgan fingerprint density at radius 2 is 2.08 bits per heavy atom. The lowest BCUT2D eigenvalue weighted by atomic mass is 10.0. The quantitative estimate of drug-likeness (QED) is 0.625. The van der Waals surface area contributed by atoms with Crippen LogP contribution in [0.3, 0.4) is 0 Å². The van der Waals surface area contributed by atoms with E-state index in [-0.39, 0.29) is 12.3 Å².